The van der Waals surface area contributed by atoms with Gasteiger partial charge in [-0.25, -0.2) is 9.78 Å². The molecule has 2 heterocycles. The number of carboxylic acids is 1. The number of ether oxygens (including phenoxy) is 1. The van der Waals surface area contributed by atoms with E-state index in [0.717, 1.165) is 6.42 Å². The molecule has 6 nitrogen and oxygen atoms in total. The van der Waals surface area contributed by atoms with Crippen molar-refractivity contribution in [2.75, 3.05) is 6.61 Å². The van der Waals surface area contributed by atoms with Crippen LogP contribution in [0.1, 0.15) is 35.2 Å². The Balaban J connectivity index is 2.66. The summed E-state index contributed by atoms with van der Waals surface area (Å²) in [6, 6.07) is 0. The monoisotopic (exact) mass is 238 g/mol. The number of rotatable bonds is 2. The smallest absolute Gasteiger partial charge is 0.355 e. The quantitative estimate of drug-likeness (QED) is 0.807. The lowest BCUT2D eigenvalue weighted by Crippen LogP contribution is -2.30. The van der Waals surface area contributed by atoms with Crippen molar-refractivity contribution in [3.63, 3.8) is 0 Å². The molecular formula is C11H14N2O4. The number of hydrogen-bond donors (Lipinski definition) is 1. The fourth-order valence-corrected chi connectivity index (χ4v) is 1.96. The largest absolute Gasteiger partial charge is 0.476 e. The molecule has 0 amide bonds. The lowest BCUT2D eigenvalue weighted by atomic mass is 10.1. The summed E-state index contributed by atoms with van der Waals surface area (Å²) in [5.74, 6) is -0.756. The number of nitrogens with zero attached hydrogens (tertiary/aromatic N) is 2. The van der Waals surface area contributed by atoms with Crippen LogP contribution in [0.5, 0.6) is 0 Å². The minimum Gasteiger partial charge on any atom is -0.476 e. The van der Waals surface area contributed by atoms with Gasteiger partial charge in [0.25, 0.3) is 5.56 Å². The van der Waals surface area contributed by atoms with Crippen LogP contribution < -0.4 is 5.56 Å². The molecule has 17 heavy (non-hydrogen) atoms. The van der Waals surface area contributed by atoms with Crippen molar-refractivity contribution in [3.05, 3.63) is 27.4 Å². The second-order valence-electron chi connectivity index (χ2n) is 3.88. The summed E-state index contributed by atoms with van der Waals surface area (Å²) in [5.41, 5.74) is -0.127. The molecule has 0 aromatic carbocycles. The van der Waals surface area contributed by atoms with Crippen LogP contribution in [-0.4, -0.2) is 27.2 Å². The third kappa shape index (κ3) is 2.08. The zero-order valence-corrected chi connectivity index (χ0v) is 9.60. The topological polar surface area (TPSA) is 81.4 Å². The van der Waals surface area contributed by atoms with Gasteiger partial charge in [0.2, 0.25) is 0 Å². The first kappa shape index (κ1) is 11.8. The van der Waals surface area contributed by atoms with E-state index in [1.165, 1.54) is 4.57 Å². The number of hydrogen-bond acceptors (Lipinski definition) is 4. The van der Waals surface area contributed by atoms with E-state index in [1.54, 1.807) is 6.92 Å². The molecule has 0 saturated carbocycles. The van der Waals surface area contributed by atoms with E-state index in [0.29, 0.717) is 25.4 Å². The van der Waals surface area contributed by atoms with E-state index in [2.05, 4.69) is 4.98 Å². The lowest BCUT2D eigenvalue weighted by molar-refractivity contribution is 0.0686. The first-order valence-electron chi connectivity index (χ1n) is 5.58. The molecule has 0 bridgehead atoms. The van der Waals surface area contributed by atoms with Gasteiger partial charge in [0, 0.05) is 13.2 Å². The Labute approximate surface area is 97.9 Å². The maximum atomic E-state index is 12.1. The van der Waals surface area contributed by atoms with Gasteiger partial charge >= 0.3 is 5.97 Å². The lowest BCUT2D eigenvalue weighted by Gasteiger charge is -2.11. The van der Waals surface area contributed by atoms with Gasteiger partial charge in [-0.2, -0.15) is 0 Å². The summed E-state index contributed by atoms with van der Waals surface area (Å²) in [5, 5.41) is 9.04. The molecule has 0 aliphatic carbocycles. The summed E-state index contributed by atoms with van der Waals surface area (Å²) < 4.78 is 6.80. The predicted molar refractivity (Wildman–Crippen MR) is 59.1 cm³/mol. The van der Waals surface area contributed by atoms with Gasteiger partial charge in [0.15, 0.2) is 5.69 Å². The van der Waals surface area contributed by atoms with Crippen molar-refractivity contribution >= 4 is 5.97 Å². The summed E-state index contributed by atoms with van der Waals surface area (Å²) in [6.45, 7) is 3.05. The highest BCUT2D eigenvalue weighted by atomic mass is 16.5. The van der Waals surface area contributed by atoms with Crippen LogP contribution in [0.15, 0.2) is 4.79 Å². The number of carboxylic acid groups (broad SMARTS) is 1. The second-order valence-corrected chi connectivity index (χ2v) is 3.88. The van der Waals surface area contributed by atoms with E-state index >= 15 is 0 Å². The number of carbonyl (C=O) groups is 1. The SMILES string of the molecule is CCc1c(C(=O)O)nc2n(c1=O)CCCOC2. The summed E-state index contributed by atoms with van der Waals surface area (Å²) in [7, 11) is 0. The minimum absolute atomic E-state index is 0.144. The summed E-state index contributed by atoms with van der Waals surface area (Å²) in [4.78, 5) is 27.2. The molecule has 1 aliphatic heterocycles. The van der Waals surface area contributed by atoms with Crippen molar-refractivity contribution in [3.8, 4) is 0 Å². The molecule has 1 N–H and O–H groups in total. The number of aromatic carboxylic acids is 1. The van der Waals surface area contributed by atoms with Gasteiger partial charge in [-0.3, -0.25) is 9.36 Å². The van der Waals surface area contributed by atoms with Crippen molar-refractivity contribution in [1.29, 1.82) is 0 Å². The Bertz CT molecular complexity index is 507. The molecular weight excluding hydrogens is 224 g/mol. The van der Waals surface area contributed by atoms with Gasteiger partial charge < -0.3 is 9.84 Å². The van der Waals surface area contributed by atoms with Crippen LogP contribution in [0, 0.1) is 0 Å². The number of aromatic nitrogens is 2. The molecule has 2 rings (SSSR count). The first-order chi connectivity index (χ1) is 8.15. The standard InChI is InChI=1S/C11H14N2O4/c1-2-7-9(11(15)16)12-8-6-17-5-3-4-13(8)10(7)14/h2-6H2,1H3,(H,15,16). The Kier molecular flexibility index (Phi) is 3.23. The van der Waals surface area contributed by atoms with Gasteiger partial charge in [-0.05, 0) is 12.8 Å². The van der Waals surface area contributed by atoms with Crippen molar-refractivity contribution in [2.45, 2.75) is 32.9 Å². The van der Waals surface area contributed by atoms with E-state index in [1.807, 2.05) is 0 Å². The fraction of sp³-hybridized carbons (Fsp3) is 0.545. The molecule has 0 fully saturated rings. The third-order valence-electron chi connectivity index (χ3n) is 2.80. The van der Waals surface area contributed by atoms with E-state index < -0.39 is 5.97 Å². The molecule has 0 unspecified atom stereocenters. The maximum Gasteiger partial charge on any atom is 0.355 e. The molecule has 0 spiro atoms. The van der Waals surface area contributed by atoms with Crippen LogP contribution in [0.3, 0.4) is 0 Å². The van der Waals surface area contributed by atoms with Gasteiger partial charge in [-0.1, -0.05) is 6.92 Å². The van der Waals surface area contributed by atoms with E-state index in [-0.39, 0.29) is 23.4 Å². The average molecular weight is 238 g/mol. The van der Waals surface area contributed by atoms with E-state index in [4.69, 9.17) is 9.84 Å². The Morgan fingerprint density at radius 2 is 2.35 bits per heavy atom. The molecule has 6 heteroatoms. The zero-order valence-electron chi connectivity index (χ0n) is 9.60. The normalized spacial score (nSPS) is 15.1. The maximum absolute atomic E-state index is 12.1. The summed E-state index contributed by atoms with van der Waals surface area (Å²) >= 11 is 0. The third-order valence-corrected chi connectivity index (χ3v) is 2.80. The molecule has 0 saturated heterocycles. The zero-order chi connectivity index (χ0) is 12.4. The Hall–Kier alpha value is -1.69. The van der Waals surface area contributed by atoms with Crippen LogP contribution in [0.25, 0.3) is 0 Å². The Morgan fingerprint density at radius 3 is 3.00 bits per heavy atom. The molecule has 1 aromatic heterocycles. The van der Waals surface area contributed by atoms with Gasteiger partial charge in [0.1, 0.15) is 12.4 Å². The predicted octanol–water partition coefficient (Wildman–Crippen LogP) is 0.424. The average Bonchev–Trinajstić information content (AvgIpc) is 2.54. The fourth-order valence-electron chi connectivity index (χ4n) is 1.96. The second kappa shape index (κ2) is 4.67. The van der Waals surface area contributed by atoms with Gasteiger partial charge in [0.05, 0.1) is 5.56 Å². The highest BCUT2D eigenvalue weighted by Crippen LogP contribution is 2.09. The van der Waals surface area contributed by atoms with Crippen molar-refractivity contribution in [2.24, 2.45) is 0 Å². The molecule has 0 atom stereocenters. The van der Waals surface area contributed by atoms with Gasteiger partial charge in [-0.15, -0.1) is 0 Å². The molecule has 1 aromatic rings. The van der Waals surface area contributed by atoms with Crippen LogP contribution >= 0.6 is 0 Å². The number of fused-ring (bicyclic) bond motifs is 1. The summed E-state index contributed by atoms with van der Waals surface area (Å²) in [6.07, 6.45) is 1.11. The van der Waals surface area contributed by atoms with E-state index in [9.17, 15) is 9.59 Å². The highest BCUT2D eigenvalue weighted by Gasteiger charge is 2.20. The van der Waals surface area contributed by atoms with Crippen molar-refractivity contribution < 1.29 is 14.6 Å². The molecule has 0 radical (unpaired) electrons. The molecule has 1 aliphatic rings. The highest BCUT2D eigenvalue weighted by molar-refractivity contribution is 5.86. The van der Waals surface area contributed by atoms with Crippen LogP contribution in [-0.2, 0) is 24.3 Å². The molecule has 92 valence electrons. The Morgan fingerprint density at radius 1 is 1.59 bits per heavy atom. The van der Waals surface area contributed by atoms with Crippen LogP contribution in [0.4, 0.5) is 0 Å². The van der Waals surface area contributed by atoms with Crippen molar-refractivity contribution in [1.82, 2.24) is 9.55 Å². The van der Waals surface area contributed by atoms with Crippen LogP contribution in [0.2, 0.25) is 0 Å². The minimum atomic E-state index is -1.16. The first-order valence-corrected chi connectivity index (χ1v) is 5.58.